The molecule has 0 aromatic heterocycles. The third kappa shape index (κ3) is 3.31. The Balaban J connectivity index is 2.09. The number of benzene rings is 1. The van der Waals surface area contributed by atoms with Gasteiger partial charge in [0.2, 0.25) is 0 Å². The van der Waals surface area contributed by atoms with Gasteiger partial charge in [-0.15, -0.1) is 0 Å². The lowest BCUT2D eigenvalue weighted by molar-refractivity contribution is 0.0600. The number of nitrogens with zero attached hydrogens (tertiary/aromatic N) is 1. The molecule has 0 amide bonds. The van der Waals surface area contributed by atoms with Crippen LogP contribution >= 0.6 is 0 Å². The number of morpholine rings is 1. The third-order valence-corrected chi connectivity index (χ3v) is 3.65. The molecule has 1 heterocycles. The molecule has 0 saturated carbocycles. The Labute approximate surface area is 113 Å². The van der Waals surface area contributed by atoms with E-state index in [1.54, 1.807) is 24.3 Å². The van der Waals surface area contributed by atoms with Crippen molar-refractivity contribution < 1.29 is 23.0 Å². The Morgan fingerprint density at radius 3 is 2.74 bits per heavy atom. The van der Waals surface area contributed by atoms with Crippen molar-refractivity contribution in [3.8, 4) is 0 Å². The van der Waals surface area contributed by atoms with E-state index in [0.29, 0.717) is 25.3 Å². The van der Waals surface area contributed by atoms with Crippen LogP contribution in [0.1, 0.15) is 10.4 Å². The molecule has 1 unspecified atom stereocenters. The lowest BCUT2D eigenvalue weighted by Crippen LogP contribution is -2.44. The van der Waals surface area contributed by atoms with Crippen molar-refractivity contribution in [1.29, 1.82) is 0 Å². The first kappa shape index (κ1) is 14.0. The molecular weight excluding hydrogens is 270 g/mol. The molecule has 6 nitrogen and oxygen atoms in total. The molecule has 2 rings (SSSR count). The second-order valence-corrected chi connectivity index (χ2v) is 5.14. The molecule has 1 aliphatic rings. The number of hydrogen-bond donors (Lipinski definition) is 1. The predicted octanol–water partition coefficient (Wildman–Crippen LogP) is 0.858. The van der Waals surface area contributed by atoms with Gasteiger partial charge in [0.25, 0.3) is 0 Å². The van der Waals surface area contributed by atoms with E-state index in [4.69, 9.17) is 9.29 Å². The molecule has 1 fully saturated rings. The molecule has 1 aromatic carbocycles. The highest BCUT2D eigenvalue weighted by Crippen LogP contribution is 2.19. The van der Waals surface area contributed by atoms with Gasteiger partial charge in [0.1, 0.15) is 0 Å². The van der Waals surface area contributed by atoms with Crippen molar-refractivity contribution in [3.05, 3.63) is 29.8 Å². The average Bonchev–Trinajstić information content (AvgIpc) is 2.46. The summed E-state index contributed by atoms with van der Waals surface area (Å²) >= 11 is -2.00. The molecule has 0 spiro atoms. The fourth-order valence-electron chi connectivity index (χ4n) is 1.90. The van der Waals surface area contributed by atoms with Crippen LogP contribution in [-0.2, 0) is 20.6 Å². The van der Waals surface area contributed by atoms with E-state index in [9.17, 15) is 9.00 Å². The summed E-state index contributed by atoms with van der Waals surface area (Å²) in [7, 11) is 1.33. The van der Waals surface area contributed by atoms with Gasteiger partial charge in [-0.2, -0.15) is 0 Å². The lowest BCUT2D eigenvalue weighted by atomic mass is 10.2. The van der Waals surface area contributed by atoms with E-state index in [1.807, 2.05) is 4.90 Å². The number of hydrogen-bond acceptors (Lipinski definition) is 5. The maximum atomic E-state index is 11.3. The molecule has 0 bridgehead atoms. The van der Waals surface area contributed by atoms with E-state index in [0.717, 1.165) is 5.69 Å². The molecular formula is C12H15NO5S. The van der Waals surface area contributed by atoms with Crippen LogP contribution in [0.5, 0.6) is 0 Å². The van der Waals surface area contributed by atoms with Crippen LogP contribution in [0.3, 0.4) is 0 Å². The van der Waals surface area contributed by atoms with E-state index >= 15 is 0 Å². The van der Waals surface area contributed by atoms with Crippen molar-refractivity contribution in [2.75, 3.05) is 31.7 Å². The van der Waals surface area contributed by atoms with Crippen LogP contribution in [0.2, 0.25) is 0 Å². The first-order valence-electron chi connectivity index (χ1n) is 5.76. The second kappa shape index (κ2) is 6.14. The van der Waals surface area contributed by atoms with Crippen molar-refractivity contribution in [2.45, 2.75) is 5.44 Å². The third-order valence-electron chi connectivity index (χ3n) is 2.91. The molecule has 1 N–H and O–H groups in total. The van der Waals surface area contributed by atoms with Gasteiger partial charge in [0, 0.05) is 12.2 Å². The predicted molar refractivity (Wildman–Crippen MR) is 70.5 cm³/mol. The molecule has 1 saturated heterocycles. The smallest absolute Gasteiger partial charge is 0.337 e. The van der Waals surface area contributed by atoms with Gasteiger partial charge in [-0.25, -0.2) is 9.00 Å². The summed E-state index contributed by atoms with van der Waals surface area (Å²) in [6.07, 6.45) is 0. The van der Waals surface area contributed by atoms with Crippen LogP contribution in [0.25, 0.3) is 0 Å². The van der Waals surface area contributed by atoms with Crippen LogP contribution < -0.4 is 4.90 Å². The minimum Gasteiger partial charge on any atom is -0.465 e. The van der Waals surface area contributed by atoms with Crippen LogP contribution in [-0.4, -0.2) is 47.0 Å². The first-order valence-corrected chi connectivity index (χ1v) is 6.93. The van der Waals surface area contributed by atoms with Crippen LogP contribution in [0.15, 0.2) is 24.3 Å². The molecule has 104 valence electrons. The summed E-state index contributed by atoms with van der Waals surface area (Å²) in [5.41, 5.74) is 0.655. The zero-order valence-corrected chi connectivity index (χ0v) is 11.3. The van der Waals surface area contributed by atoms with Crippen LogP contribution in [0.4, 0.5) is 5.69 Å². The summed E-state index contributed by atoms with van der Waals surface area (Å²) in [5.74, 6) is -0.386. The summed E-state index contributed by atoms with van der Waals surface area (Å²) in [6, 6.07) is 6.91. The van der Waals surface area contributed by atoms with Gasteiger partial charge in [-0.3, -0.25) is 0 Å². The largest absolute Gasteiger partial charge is 0.465 e. The maximum Gasteiger partial charge on any atom is 0.337 e. The van der Waals surface area contributed by atoms with Crippen molar-refractivity contribution in [3.63, 3.8) is 0 Å². The molecule has 19 heavy (non-hydrogen) atoms. The Morgan fingerprint density at radius 1 is 1.47 bits per heavy atom. The molecule has 0 radical (unpaired) electrons. The zero-order valence-electron chi connectivity index (χ0n) is 10.4. The molecule has 2 atom stereocenters. The van der Waals surface area contributed by atoms with E-state index in [-0.39, 0.29) is 5.97 Å². The monoisotopic (exact) mass is 285 g/mol. The number of esters is 1. The van der Waals surface area contributed by atoms with E-state index in [1.165, 1.54) is 7.11 Å². The normalized spacial score (nSPS) is 20.9. The number of carbonyl (C=O) groups is 1. The Hall–Kier alpha value is -1.44. The Morgan fingerprint density at radius 2 is 2.16 bits per heavy atom. The van der Waals surface area contributed by atoms with Gasteiger partial charge in [0.15, 0.2) is 16.5 Å². The number of carbonyl (C=O) groups excluding carboxylic acids is 1. The van der Waals surface area contributed by atoms with Gasteiger partial charge in [-0.05, 0) is 24.3 Å². The average molecular weight is 285 g/mol. The van der Waals surface area contributed by atoms with E-state index < -0.39 is 16.5 Å². The zero-order chi connectivity index (χ0) is 13.8. The first-order chi connectivity index (χ1) is 9.11. The quantitative estimate of drug-likeness (QED) is 0.655. The molecule has 7 heteroatoms. The highest BCUT2D eigenvalue weighted by atomic mass is 32.2. The lowest BCUT2D eigenvalue weighted by Gasteiger charge is -2.32. The number of anilines is 1. The summed E-state index contributed by atoms with van der Waals surface area (Å²) in [4.78, 5) is 13.3. The van der Waals surface area contributed by atoms with Gasteiger partial charge in [0.05, 0.1) is 25.8 Å². The van der Waals surface area contributed by atoms with Crippen molar-refractivity contribution in [1.82, 2.24) is 0 Å². The minimum atomic E-state index is -2.00. The van der Waals surface area contributed by atoms with Gasteiger partial charge >= 0.3 is 5.97 Å². The minimum absolute atomic E-state index is 0.348. The van der Waals surface area contributed by atoms with Gasteiger partial charge in [-0.1, -0.05) is 0 Å². The number of methoxy groups -OCH3 is 1. The maximum absolute atomic E-state index is 11.3. The van der Waals surface area contributed by atoms with Gasteiger partial charge < -0.3 is 18.9 Å². The standard InChI is InChI=1S/C12H15NO5S/c1-17-12(14)9-2-4-10(5-3-9)13-6-7-18-11(8-13)19(15)16/h2-5,11H,6-8H2,1H3,(H,15,16)/t11-/m0/s1. The Bertz CT molecular complexity index is 476. The Kier molecular flexibility index (Phi) is 4.52. The highest BCUT2D eigenvalue weighted by Gasteiger charge is 2.24. The fourth-order valence-corrected chi connectivity index (χ4v) is 2.42. The topological polar surface area (TPSA) is 76.1 Å². The summed E-state index contributed by atoms with van der Waals surface area (Å²) in [5, 5.41) is 0. The fraction of sp³-hybridized carbons (Fsp3) is 0.417. The SMILES string of the molecule is COC(=O)c1ccc(N2CCO[C@@H](S(=O)O)C2)cc1. The number of rotatable bonds is 3. The van der Waals surface area contributed by atoms with Crippen molar-refractivity contribution in [2.24, 2.45) is 0 Å². The van der Waals surface area contributed by atoms with Crippen molar-refractivity contribution >= 4 is 22.7 Å². The molecule has 1 aromatic rings. The van der Waals surface area contributed by atoms with E-state index in [2.05, 4.69) is 4.74 Å². The number of ether oxygens (including phenoxy) is 2. The van der Waals surface area contributed by atoms with Crippen LogP contribution in [0, 0.1) is 0 Å². The highest BCUT2D eigenvalue weighted by molar-refractivity contribution is 7.79. The molecule has 0 aliphatic carbocycles. The summed E-state index contributed by atoms with van der Waals surface area (Å²) in [6.45, 7) is 1.39. The second-order valence-electron chi connectivity index (χ2n) is 4.06. The summed E-state index contributed by atoms with van der Waals surface area (Å²) < 4.78 is 29.9. The molecule has 1 aliphatic heterocycles.